The highest BCUT2D eigenvalue weighted by atomic mass is 16.5. The Kier molecular flexibility index (Phi) is 6.22. The van der Waals surface area contributed by atoms with Crippen LogP contribution < -0.4 is 14.4 Å². The first kappa shape index (κ1) is 19.2. The zero-order chi connectivity index (χ0) is 19.9. The van der Waals surface area contributed by atoms with Crippen LogP contribution in [0.3, 0.4) is 0 Å². The Labute approximate surface area is 171 Å². The first-order chi connectivity index (χ1) is 14.3. The molecule has 1 fully saturated rings. The summed E-state index contributed by atoms with van der Waals surface area (Å²) in [6.45, 7) is 5.31. The van der Waals surface area contributed by atoms with Crippen LogP contribution >= 0.6 is 0 Å². The van der Waals surface area contributed by atoms with Crippen molar-refractivity contribution in [2.24, 2.45) is 0 Å². The second-order valence-corrected chi connectivity index (χ2v) is 7.09. The van der Waals surface area contributed by atoms with E-state index in [2.05, 4.69) is 44.0 Å². The molecule has 1 saturated heterocycles. The van der Waals surface area contributed by atoms with Gasteiger partial charge in [-0.1, -0.05) is 36.4 Å². The fourth-order valence-electron chi connectivity index (χ4n) is 3.51. The SMILES string of the molecule is COc1cc(CN2CCN(c3cnccn3)CC2)ccc1OCc1ccccc1. The van der Waals surface area contributed by atoms with Gasteiger partial charge in [0.2, 0.25) is 0 Å². The van der Waals surface area contributed by atoms with E-state index in [0.717, 1.165) is 55.6 Å². The normalized spacial score (nSPS) is 14.6. The average Bonchev–Trinajstić information content (AvgIpc) is 2.80. The van der Waals surface area contributed by atoms with Gasteiger partial charge in [0.25, 0.3) is 0 Å². The summed E-state index contributed by atoms with van der Waals surface area (Å²) in [6.07, 6.45) is 5.28. The highest BCUT2D eigenvalue weighted by Crippen LogP contribution is 2.29. The van der Waals surface area contributed by atoms with Crippen molar-refractivity contribution >= 4 is 5.82 Å². The number of hydrogen-bond acceptors (Lipinski definition) is 6. The van der Waals surface area contributed by atoms with Gasteiger partial charge < -0.3 is 14.4 Å². The number of benzene rings is 2. The molecule has 0 amide bonds. The summed E-state index contributed by atoms with van der Waals surface area (Å²) in [4.78, 5) is 13.3. The Morgan fingerprint density at radius 1 is 0.897 bits per heavy atom. The predicted molar refractivity (Wildman–Crippen MR) is 113 cm³/mol. The molecule has 0 bridgehead atoms. The Morgan fingerprint density at radius 2 is 1.72 bits per heavy atom. The minimum absolute atomic E-state index is 0.529. The third-order valence-electron chi connectivity index (χ3n) is 5.12. The monoisotopic (exact) mass is 390 g/mol. The molecular formula is C23H26N4O2. The molecule has 0 spiro atoms. The third-order valence-corrected chi connectivity index (χ3v) is 5.12. The summed E-state index contributed by atoms with van der Waals surface area (Å²) in [5.41, 5.74) is 2.36. The van der Waals surface area contributed by atoms with Gasteiger partial charge in [0.05, 0.1) is 13.3 Å². The lowest BCUT2D eigenvalue weighted by atomic mass is 10.1. The van der Waals surface area contributed by atoms with Crippen LogP contribution in [0.1, 0.15) is 11.1 Å². The summed E-state index contributed by atoms with van der Waals surface area (Å²) >= 11 is 0. The first-order valence-corrected chi connectivity index (χ1v) is 9.89. The summed E-state index contributed by atoms with van der Waals surface area (Å²) in [5, 5.41) is 0. The van der Waals surface area contributed by atoms with E-state index in [1.807, 2.05) is 30.5 Å². The fraction of sp³-hybridized carbons (Fsp3) is 0.304. The van der Waals surface area contributed by atoms with Crippen molar-refractivity contribution < 1.29 is 9.47 Å². The second-order valence-electron chi connectivity index (χ2n) is 7.09. The molecule has 150 valence electrons. The molecule has 0 radical (unpaired) electrons. The summed E-state index contributed by atoms with van der Waals surface area (Å²) in [6, 6.07) is 16.4. The van der Waals surface area contributed by atoms with E-state index in [0.29, 0.717) is 6.61 Å². The van der Waals surface area contributed by atoms with Gasteiger partial charge in [-0.25, -0.2) is 4.98 Å². The number of piperazine rings is 1. The van der Waals surface area contributed by atoms with Gasteiger partial charge in [-0.3, -0.25) is 9.88 Å². The lowest BCUT2D eigenvalue weighted by Crippen LogP contribution is -2.46. The quantitative estimate of drug-likeness (QED) is 0.616. The molecular weight excluding hydrogens is 364 g/mol. The van der Waals surface area contributed by atoms with Crippen LogP contribution in [0.2, 0.25) is 0 Å². The molecule has 6 nitrogen and oxygen atoms in total. The maximum Gasteiger partial charge on any atom is 0.161 e. The van der Waals surface area contributed by atoms with E-state index in [1.165, 1.54) is 5.56 Å². The zero-order valence-corrected chi connectivity index (χ0v) is 16.7. The molecule has 6 heteroatoms. The lowest BCUT2D eigenvalue weighted by molar-refractivity contribution is 0.248. The van der Waals surface area contributed by atoms with E-state index in [1.54, 1.807) is 19.5 Å². The van der Waals surface area contributed by atoms with Gasteiger partial charge in [0.1, 0.15) is 12.4 Å². The minimum Gasteiger partial charge on any atom is -0.493 e. The number of aromatic nitrogens is 2. The van der Waals surface area contributed by atoms with Crippen molar-refractivity contribution in [1.82, 2.24) is 14.9 Å². The van der Waals surface area contributed by atoms with Crippen molar-refractivity contribution in [3.8, 4) is 11.5 Å². The average molecular weight is 390 g/mol. The van der Waals surface area contributed by atoms with Crippen molar-refractivity contribution in [2.45, 2.75) is 13.2 Å². The molecule has 1 aromatic heterocycles. The molecule has 3 aromatic rings. The predicted octanol–water partition coefficient (Wildman–Crippen LogP) is 3.39. The van der Waals surface area contributed by atoms with E-state index >= 15 is 0 Å². The van der Waals surface area contributed by atoms with Gasteiger partial charge in [0, 0.05) is 45.1 Å². The van der Waals surface area contributed by atoms with Gasteiger partial charge in [-0.2, -0.15) is 0 Å². The number of methoxy groups -OCH3 is 1. The van der Waals surface area contributed by atoms with E-state index in [-0.39, 0.29) is 0 Å². The maximum atomic E-state index is 5.96. The summed E-state index contributed by atoms with van der Waals surface area (Å²) < 4.78 is 11.5. The van der Waals surface area contributed by atoms with Crippen LogP contribution in [-0.2, 0) is 13.2 Å². The number of rotatable bonds is 7. The Bertz CT molecular complexity index is 897. The highest BCUT2D eigenvalue weighted by Gasteiger charge is 2.18. The van der Waals surface area contributed by atoms with E-state index in [4.69, 9.17) is 9.47 Å². The Hall–Kier alpha value is -3.12. The Balaban J connectivity index is 1.33. The number of ether oxygens (including phenoxy) is 2. The molecule has 29 heavy (non-hydrogen) atoms. The number of anilines is 1. The summed E-state index contributed by atoms with van der Waals surface area (Å²) in [7, 11) is 1.69. The number of hydrogen-bond donors (Lipinski definition) is 0. The largest absolute Gasteiger partial charge is 0.493 e. The van der Waals surface area contributed by atoms with Crippen molar-refractivity contribution in [2.75, 3.05) is 38.2 Å². The maximum absolute atomic E-state index is 5.96. The highest BCUT2D eigenvalue weighted by molar-refractivity contribution is 5.43. The molecule has 0 N–H and O–H groups in total. The van der Waals surface area contributed by atoms with Gasteiger partial charge >= 0.3 is 0 Å². The standard InChI is InChI=1S/C23H26N4O2/c1-28-22-15-20(7-8-21(22)29-18-19-5-3-2-4-6-19)17-26-11-13-27(14-12-26)23-16-24-9-10-25-23/h2-10,15-16H,11-14,17-18H2,1H3. The van der Waals surface area contributed by atoms with Crippen molar-refractivity contribution in [1.29, 1.82) is 0 Å². The molecule has 1 aliphatic heterocycles. The van der Waals surface area contributed by atoms with Gasteiger partial charge in [-0.05, 0) is 23.3 Å². The van der Waals surface area contributed by atoms with Crippen LogP contribution in [0.5, 0.6) is 11.5 Å². The molecule has 2 aromatic carbocycles. The smallest absolute Gasteiger partial charge is 0.161 e. The van der Waals surface area contributed by atoms with E-state index in [9.17, 15) is 0 Å². The molecule has 0 unspecified atom stereocenters. The fourth-order valence-corrected chi connectivity index (χ4v) is 3.51. The third kappa shape index (κ3) is 5.03. The molecule has 0 aliphatic carbocycles. The van der Waals surface area contributed by atoms with Gasteiger partial charge in [-0.15, -0.1) is 0 Å². The van der Waals surface area contributed by atoms with Gasteiger partial charge in [0.15, 0.2) is 11.5 Å². The molecule has 1 aliphatic rings. The van der Waals surface area contributed by atoms with Crippen LogP contribution in [-0.4, -0.2) is 48.2 Å². The topological polar surface area (TPSA) is 50.7 Å². The summed E-state index contributed by atoms with van der Waals surface area (Å²) in [5.74, 6) is 2.50. The lowest BCUT2D eigenvalue weighted by Gasteiger charge is -2.35. The van der Waals surface area contributed by atoms with Crippen LogP contribution in [0, 0.1) is 0 Å². The van der Waals surface area contributed by atoms with E-state index < -0.39 is 0 Å². The molecule has 0 saturated carbocycles. The minimum atomic E-state index is 0.529. The zero-order valence-electron chi connectivity index (χ0n) is 16.7. The molecule has 0 atom stereocenters. The molecule has 4 rings (SSSR count). The van der Waals surface area contributed by atoms with Crippen LogP contribution in [0.25, 0.3) is 0 Å². The van der Waals surface area contributed by atoms with Crippen molar-refractivity contribution in [3.05, 3.63) is 78.2 Å². The number of nitrogens with zero attached hydrogens (tertiary/aromatic N) is 4. The molecule has 2 heterocycles. The van der Waals surface area contributed by atoms with Crippen LogP contribution in [0.15, 0.2) is 67.1 Å². The van der Waals surface area contributed by atoms with Crippen LogP contribution in [0.4, 0.5) is 5.82 Å². The Morgan fingerprint density at radius 3 is 2.45 bits per heavy atom. The van der Waals surface area contributed by atoms with Crippen molar-refractivity contribution in [3.63, 3.8) is 0 Å². The first-order valence-electron chi connectivity index (χ1n) is 9.89. The second kappa shape index (κ2) is 9.39.